The largest absolute Gasteiger partial charge is 0.458 e. The minimum atomic E-state index is -0.384. The van der Waals surface area contributed by atoms with Crippen molar-refractivity contribution < 1.29 is 14.3 Å². The first-order valence-electron chi connectivity index (χ1n) is 5.78. The minimum Gasteiger partial charge on any atom is -0.458 e. The maximum Gasteiger partial charge on any atom is 0.333 e. The number of Topliss-reactive ketones (excluding diaryl/α,β-unsaturated/α-hetero) is 1. The fourth-order valence-corrected chi connectivity index (χ4v) is 2.16. The number of ketones is 1. The molecule has 0 saturated heterocycles. The molecule has 3 nitrogen and oxygen atoms in total. The van der Waals surface area contributed by atoms with Crippen LogP contribution in [0.25, 0.3) is 0 Å². The van der Waals surface area contributed by atoms with Crippen molar-refractivity contribution in [2.45, 2.75) is 46.1 Å². The van der Waals surface area contributed by atoms with Crippen LogP contribution in [0.5, 0.6) is 0 Å². The van der Waals surface area contributed by atoms with E-state index in [1.54, 1.807) is 13.8 Å². The van der Waals surface area contributed by atoms with Crippen molar-refractivity contribution in [2.24, 2.45) is 11.8 Å². The number of hydrogen-bond donors (Lipinski definition) is 0. The highest BCUT2D eigenvalue weighted by Crippen LogP contribution is 2.31. The summed E-state index contributed by atoms with van der Waals surface area (Å²) in [5, 5.41) is 0. The quantitative estimate of drug-likeness (QED) is 0.546. The summed E-state index contributed by atoms with van der Waals surface area (Å²) in [6, 6.07) is 0. The SMILES string of the molecule is C=C(C)C(=O)OC1CC(C)CCC1C(C)=O. The number of hydrogen-bond acceptors (Lipinski definition) is 3. The van der Waals surface area contributed by atoms with Crippen molar-refractivity contribution in [3.8, 4) is 0 Å². The van der Waals surface area contributed by atoms with Crippen molar-refractivity contribution in [1.29, 1.82) is 0 Å². The summed E-state index contributed by atoms with van der Waals surface area (Å²) in [6.45, 7) is 8.87. The van der Waals surface area contributed by atoms with E-state index < -0.39 is 0 Å². The summed E-state index contributed by atoms with van der Waals surface area (Å²) < 4.78 is 5.34. The molecule has 0 radical (unpaired) electrons. The normalized spacial score (nSPS) is 29.6. The molecule has 90 valence electrons. The van der Waals surface area contributed by atoms with Crippen LogP contribution in [0.4, 0.5) is 0 Å². The van der Waals surface area contributed by atoms with Gasteiger partial charge in [-0.1, -0.05) is 13.5 Å². The molecule has 3 heteroatoms. The van der Waals surface area contributed by atoms with Gasteiger partial charge in [-0.2, -0.15) is 0 Å². The van der Waals surface area contributed by atoms with E-state index in [-0.39, 0.29) is 23.8 Å². The third kappa shape index (κ3) is 3.19. The number of carbonyl (C=O) groups is 2. The molecule has 1 fully saturated rings. The van der Waals surface area contributed by atoms with Crippen molar-refractivity contribution in [1.82, 2.24) is 0 Å². The van der Waals surface area contributed by atoms with Gasteiger partial charge in [0.25, 0.3) is 0 Å². The van der Waals surface area contributed by atoms with Gasteiger partial charge in [-0.3, -0.25) is 4.79 Å². The second kappa shape index (κ2) is 5.28. The minimum absolute atomic E-state index is 0.117. The van der Waals surface area contributed by atoms with Crippen LogP contribution < -0.4 is 0 Å². The van der Waals surface area contributed by atoms with E-state index in [2.05, 4.69) is 13.5 Å². The molecule has 16 heavy (non-hydrogen) atoms. The van der Waals surface area contributed by atoms with Crippen LogP contribution in [-0.4, -0.2) is 17.9 Å². The molecule has 0 spiro atoms. The van der Waals surface area contributed by atoms with Crippen LogP contribution in [0.1, 0.15) is 40.0 Å². The molecular weight excluding hydrogens is 204 g/mol. The molecule has 0 aliphatic heterocycles. The molecule has 1 aliphatic carbocycles. The molecule has 0 aromatic heterocycles. The van der Waals surface area contributed by atoms with Crippen molar-refractivity contribution in [3.63, 3.8) is 0 Å². The van der Waals surface area contributed by atoms with Gasteiger partial charge < -0.3 is 4.74 Å². The Kier molecular flexibility index (Phi) is 4.27. The van der Waals surface area contributed by atoms with Crippen molar-refractivity contribution in [3.05, 3.63) is 12.2 Å². The van der Waals surface area contributed by atoms with E-state index in [1.807, 2.05) is 0 Å². The van der Waals surface area contributed by atoms with Crippen molar-refractivity contribution in [2.75, 3.05) is 0 Å². The third-order valence-electron chi connectivity index (χ3n) is 3.18. The molecule has 1 saturated carbocycles. The molecule has 0 aromatic rings. The van der Waals surface area contributed by atoms with Crippen LogP contribution in [-0.2, 0) is 14.3 Å². The number of ether oxygens (including phenoxy) is 1. The highest BCUT2D eigenvalue weighted by atomic mass is 16.5. The van der Waals surface area contributed by atoms with Gasteiger partial charge in [-0.25, -0.2) is 4.79 Å². The maximum absolute atomic E-state index is 11.5. The molecule has 0 bridgehead atoms. The predicted octanol–water partition coefficient (Wildman–Crippen LogP) is 2.50. The molecular formula is C13H20O3. The molecule has 0 amide bonds. The predicted molar refractivity (Wildman–Crippen MR) is 61.9 cm³/mol. The van der Waals surface area contributed by atoms with Crippen LogP contribution in [0.3, 0.4) is 0 Å². The zero-order valence-corrected chi connectivity index (χ0v) is 10.3. The number of rotatable bonds is 3. The Labute approximate surface area is 96.9 Å². The fraction of sp³-hybridized carbons (Fsp3) is 0.692. The lowest BCUT2D eigenvalue weighted by Crippen LogP contribution is -2.36. The Morgan fingerprint density at radius 1 is 1.25 bits per heavy atom. The highest BCUT2D eigenvalue weighted by Gasteiger charge is 2.34. The van der Waals surface area contributed by atoms with Crippen LogP contribution in [0, 0.1) is 11.8 Å². The Morgan fingerprint density at radius 2 is 1.88 bits per heavy atom. The first kappa shape index (κ1) is 12.9. The highest BCUT2D eigenvalue weighted by molar-refractivity contribution is 5.87. The molecule has 1 aliphatic rings. The average molecular weight is 224 g/mol. The number of esters is 1. The Morgan fingerprint density at radius 3 is 2.38 bits per heavy atom. The summed E-state index contributed by atoms with van der Waals surface area (Å²) in [7, 11) is 0. The smallest absolute Gasteiger partial charge is 0.333 e. The van der Waals surface area contributed by atoms with Gasteiger partial charge in [0.2, 0.25) is 0 Å². The summed E-state index contributed by atoms with van der Waals surface area (Å²) >= 11 is 0. The monoisotopic (exact) mass is 224 g/mol. The Balaban J connectivity index is 2.68. The lowest BCUT2D eigenvalue weighted by Gasteiger charge is -2.32. The molecule has 3 atom stereocenters. The van der Waals surface area contributed by atoms with Gasteiger partial charge in [0, 0.05) is 5.57 Å². The lowest BCUT2D eigenvalue weighted by molar-refractivity contribution is -0.152. The third-order valence-corrected chi connectivity index (χ3v) is 3.18. The van der Waals surface area contributed by atoms with Gasteiger partial charge in [0.1, 0.15) is 11.9 Å². The van der Waals surface area contributed by atoms with Crippen LogP contribution in [0.15, 0.2) is 12.2 Å². The van der Waals surface area contributed by atoms with Gasteiger partial charge in [0.05, 0.1) is 5.92 Å². The molecule has 3 unspecified atom stereocenters. The molecule has 0 heterocycles. The number of carbonyl (C=O) groups excluding carboxylic acids is 2. The van der Waals surface area contributed by atoms with Gasteiger partial charge >= 0.3 is 5.97 Å². The molecule has 0 aromatic carbocycles. The summed E-state index contributed by atoms with van der Waals surface area (Å²) in [5.41, 5.74) is 0.389. The zero-order valence-electron chi connectivity index (χ0n) is 10.3. The Bertz CT molecular complexity index is 306. The van der Waals surface area contributed by atoms with Gasteiger partial charge in [-0.15, -0.1) is 0 Å². The average Bonchev–Trinajstić information content (AvgIpc) is 2.16. The second-order valence-electron chi connectivity index (χ2n) is 4.86. The van der Waals surface area contributed by atoms with Crippen LogP contribution >= 0.6 is 0 Å². The van der Waals surface area contributed by atoms with E-state index in [4.69, 9.17) is 4.74 Å². The van der Waals surface area contributed by atoms with Crippen molar-refractivity contribution >= 4 is 11.8 Å². The molecule has 0 N–H and O–H groups in total. The van der Waals surface area contributed by atoms with Gasteiger partial charge in [-0.05, 0) is 39.0 Å². The van der Waals surface area contributed by atoms with E-state index in [1.165, 1.54) is 0 Å². The summed E-state index contributed by atoms with van der Waals surface area (Å²) in [4.78, 5) is 22.9. The zero-order chi connectivity index (χ0) is 12.3. The Hall–Kier alpha value is -1.12. The van der Waals surface area contributed by atoms with Crippen LogP contribution in [0.2, 0.25) is 0 Å². The fourth-order valence-electron chi connectivity index (χ4n) is 2.16. The maximum atomic E-state index is 11.5. The van der Waals surface area contributed by atoms with E-state index >= 15 is 0 Å². The lowest BCUT2D eigenvalue weighted by atomic mass is 9.79. The second-order valence-corrected chi connectivity index (χ2v) is 4.86. The summed E-state index contributed by atoms with van der Waals surface area (Å²) in [5.74, 6) is 0.120. The van der Waals surface area contributed by atoms with E-state index in [0.29, 0.717) is 11.5 Å². The first-order valence-corrected chi connectivity index (χ1v) is 5.78. The first-order chi connectivity index (χ1) is 7.41. The standard InChI is InChI=1S/C13H20O3/c1-8(2)13(15)16-12-7-9(3)5-6-11(12)10(4)14/h9,11-12H,1,5-7H2,2-4H3. The molecule has 1 rings (SSSR count). The van der Waals surface area contributed by atoms with E-state index in [9.17, 15) is 9.59 Å². The summed E-state index contributed by atoms with van der Waals surface area (Å²) in [6.07, 6.45) is 2.38. The van der Waals surface area contributed by atoms with Gasteiger partial charge in [0.15, 0.2) is 0 Å². The topological polar surface area (TPSA) is 43.4 Å². The van der Waals surface area contributed by atoms with E-state index in [0.717, 1.165) is 19.3 Å².